The summed E-state index contributed by atoms with van der Waals surface area (Å²) >= 11 is 12.1. The Labute approximate surface area is 133 Å². The van der Waals surface area contributed by atoms with Gasteiger partial charge >= 0.3 is 0 Å². The van der Waals surface area contributed by atoms with Crippen molar-refractivity contribution >= 4 is 44.6 Å². The van der Waals surface area contributed by atoms with Crippen LogP contribution in [0.5, 0.6) is 0 Å². The molecule has 0 radical (unpaired) electrons. The van der Waals surface area contributed by atoms with Crippen molar-refractivity contribution in [3.63, 3.8) is 0 Å². The minimum Gasteiger partial charge on any atom is -0.386 e. The number of nitrogens with zero attached hydrogens (tertiary/aromatic N) is 1. The number of anilines is 2. The van der Waals surface area contributed by atoms with E-state index in [1.165, 1.54) is 6.20 Å². The smallest absolute Gasteiger partial charge is 0.281 e. The van der Waals surface area contributed by atoms with Gasteiger partial charge in [-0.15, -0.1) is 0 Å². The third kappa shape index (κ3) is 3.23. The minimum atomic E-state index is -3.91. The zero-order valence-corrected chi connectivity index (χ0v) is 13.6. The Morgan fingerprint density at radius 3 is 2.57 bits per heavy atom. The zero-order valence-electron chi connectivity index (χ0n) is 11.3. The van der Waals surface area contributed by atoms with Crippen LogP contribution in [-0.4, -0.2) is 20.4 Å². The van der Waals surface area contributed by atoms with Crippen LogP contribution in [0.15, 0.2) is 35.5 Å². The third-order valence-corrected chi connectivity index (χ3v) is 4.92. The van der Waals surface area contributed by atoms with Crippen LogP contribution in [0.2, 0.25) is 10.0 Å². The molecule has 112 valence electrons. The number of aromatic nitrogens is 1. The zero-order chi connectivity index (χ0) is 15.6. The van der Waals surface area contributed by atoms with Gasteiger partial charge in [0, 0.05) is 13.2 Å². The van der Waals surface area contributed by atoms with E-state index in [9.17, 15) is 8.42 Å². The van der Waals surface area contributed by atoms with Gasteiger partial charge in [0.05, 0.1) is 21.4 Å². The van der Waals surface area contributed by atoms with E-state index in [2.05, 4.69) is 15.0 Å². The molecule has 0 aliphatic carbocycles. The van der Waals surface area contributed by atoms with E-state index in [-0.39, 0.29) is 20.8 Å². The van der Waals surface area contributed by atoms with Crippen LogP contribution in [0, 0.1) is 6.92 Å². The average molecular weight is 346 g/mol. The molecule has 0 unspecified atom stereocenters. The first kappa shape index (κ1) is 15.9. The maximum absolute atomic E-state index is 12.5. The lowest BCUT2D eigenvalue weighted by Gasteiger charge is -2.14. The van der Waals surface area contributed by atoms with Gasteiger partial charge in [-0.1, -0.05) is 29.3 Å². The summed E-state index contributed by atoms with van der Waals surface area (Å²) in [6, 6.07) is 6.54. The molecule has 1 aromatic heterocycles. The molecule has 2 rings (SSSR count). The molecule has 0 amide bonds. The highest BCUT2D eigenvalue weighted by atomic mass is 35.5. The number of aryl methyl sites for hydroxylation is 1. The highest BCUT2D eigenvalue weighted by Gasteiger charge is 2.22. The highest BCUT2D eigenvalue weighted by Crippen LogP contribution is 2.34. The lowest BCUT2D eigenvalue weighted by Crippen LogP contribution is -2.17. The standard InChI is InChI=1S/C13H13Cl2N3O2S/c1-8-5-6-9(14)12(11(8)15)18-21(19,20)13-10(16-2)4-3-7-17-13/h3-7,16,18H,1-2H3. The van der Waals surface area contributed by atoms with Crippen LogP contribution >= 0.6 is 23.2 Å². The SMILES string of the molecule is CNc1cccnc1S(=O)(=O)Nc1c(Cl)ccc(C)c1Cl. The number of nitrogens with one attached hydrogen (secondary N) is 2. The topological polar surface area (TPSA) is 71.1 Å². The molecular weight excluding hydrogens is 333 g/mol. The molecule has 0 saturated heterocycles. The maximum Gasteiger partial charge on any atom is 0.281 e. The predicted molar refractivity (Wildman–Crippen MR) is 85.8 cm³/mol. The van der Waals surface area contributed by atoms with E-state index in [1.807, 2.05) is 0 Å². The molecule has 0 atom stereocenters. The van der Waals surface area contributed by atoms with Crippen LogP contribution in [0.1, 0.15) is 5.56 Å². The highest BCUT2D eigenvalue weighted by molar-refractivity contribution is 7.92. The van der Waals surface area contributed by atoms with Gasteiger partial charge in [0.1, 0.15) is 0 Å². The fourth-order valence-electron chi connectivity index (χ4n) is 1.73. The summed E-state index contributed by atoms with van der Waals surface area (Å²) in [7, 11) is -2.30. The molecule has 0 saturated carbocycles. The lowest BCUT2D eigenvalue weighted by atomic mass is 10.2. The number of rotatable bonds is 4. The number of benzene rings is 1. The van der Waals surface area contributed by atoms with Crippen molar-refractivity contribution in [3.8, 4) is 0 Å². The van der Waals surface area contributed by atoms with Gasteiger partial charge < -0.3 is 5.32 Å². The molecule has 1 heterocycles. The predicted octanol–water partition coefficient (Wildman–Crippen LogP) is 3.54. The molecule has 2 aromatic rings. The fraction of sp³-hybridized carbons (Fsp3) is 0.154. The molecule has 0 fully saturated rings. The van der Waals surface area contributed by atoms with E-state index < -0.39 is 10.0 Å². The van der Waals surface area contributed by atoms with Crippen molar-refractivity contribution in [2.75, 3.05) is 17.1 Å². The van der Waals surface area contributed by atoms with Gasteiger partial charge in [0.2, 0.25) is 0 Å². The van der Waals surface area contributed by atoms with Crippen LogP contribution in [0.3, 0.4) is 0 Å². The van der Waals surface area contributed by atoms with Crippen molar-refractivity contribution in [2.24, 2.45) is 0 Å². The fourth-order valence-corrected chi connectivity index (χ4v) is 3.54. The van der Waals surface area contributed by atoms with Crippen molar-refractivity contribution in [3.05, 3.63) is 46.1 Å². The summed E-state index contributed by atoms with van der Waals surface area (Å²) in [5.74, 6) is 0. The maximum atomic E-state index is 12.5. The molecule has 2 N–H and O–H groups in total. The normalized spacial score (nSPS) is 11.2. The monoisotopic (exact) mass is 345 g/mol. The summed E-state index contributed by atoms with van der Waals surface area (Å²) in [5.41, 5.74) is 1.24. The molecule has 0 spiro atoms. The lowest BCUT2D eigenvalue weighted by molar-refractivity contribution is 0.598. The van der Waals surface area contributed by atoms with E-state index in [0.717, 1.165) is 0 Å². The van der Waals surface area contributed by atoms with E-state index in [1.54, 1.807) is 38.2 Å². The Morgan fingerprint density at radius 1 is 1.19 bits per heavy atom. The Hall–Kier alpha value is -1.50. The number of sulfonamides is 1. The summed E-state index contributed by atoms with van der Waals surface area (Å²) in [6.45, 7) is 1.76. The summed E-state index contributed by atoms with van der Waals surface area (Å²) in [4.78, 5) is 3.90. The second-order valence-corrected chi connectivity index (χ2v) is 6.65. The third-order valence-electron chi connectivity index (χ3n) is 2.82. The van der Waals surface area contributed by atoms with Gasteiger partial charge in [0.25, 0.3) is 10.0 Å². The van der Waals surface area contributed by atoms with Crippen LogP contribution in [0.4, 0.5) is 11.4 Å². The number of halogens is 2. The Morgan fingerprint density at radius 2 is 1.90 bits per heavy atom. The molecule has 0 aliphatic heterocycles. The van der Waals surface area contributed by atoms with Crippen molar-refractivity contribution in [1.29, 1.82) is 0 Å². The number of hydrogen-bond acceptors (Lipinski definition) is 4. The first-order valence-electron chi connectivity index (χ1n) is 5.97. The summed E-state index contributed by atoms with van der Waals surface area (Å²) in [5, 5.41) is 3.13. The Balaban J connectivity index is 2.50. The van der Waals surface area contributed by atoms with Crippen molar-refractivity contribution < 1.29 is 8.42 Å². The van der Waals surface area contributed by atoms with E-state index in [0.29, 0.717) is 11.3 Å². The second kappa shape index (κ2) is 6.09. The Kier molecular flexibility index (Phi) is 4.61. The molecular formula is C13H13Cl2N3O2S. The first-order valence-corrected chi connectivity index (χ1v) is 8.21. The van der Waals surface area contributed by atoms with E-state index in [4.69, 9.17) is 23.2 Å². The average Bonchev–Trinajstić information content (AvgIpc) is 2.47. The van der Waals surface area contributed by atoms with Gasteiger partial charge in [-0.2, -0.15) is 8.42 Å². The summed E-state index contributed by atoms with van der Waals surface area (Å²) in [6.07, 6.45) is 1.40. The Bertz CT molecular complexity index is 779. The molecule has 21 heavy (non-hydrogen) atoms. The van der Waals surface area contributed by atoms with Gasteiger partial charge in [-0.25, -0.2) is 4.98 Å². The molecule has 1 aromatic carbocycles. The van der Waals surface area contributed by atoms with Crippen molar-refractivity contribution in [2.45, 2.75) is 11.9 Å². The number of pyridine rings is 1. The van der Waals surface area contributed by atoms with E-state index >= 15 is 0 Å². The molecule has 0 bridgehead atoms. The molecule has 8 heteroatoms. The second-order valence-electron chi connectivity index (χ2n) is 4.26. The van der Waals surface area contributed by atoms with Crippen molar-refractivity contribution in [1.82, 2.24) is 4.98 Å². The molecule has 5 nitrogen and oxygen atoms in total. The quantitative estimate of drug-likeness (QED) is 0.888. The van der Waals surface area contributed by atoms with Crippen LogP contribution < -0.4 is 10.0 Å². The largest absolute Gasteiger partial charge is 0.386 e. The van der Waals surface area contributed by atoms with Gasteiger partial charge in [0.15, 0.2) is 5.03 Å². The number of hydrogen-bond donors (Lipinski definition) is 2. The van der Waals surface area contributed by atoms with Crippen LogP contribution in [0.25, 0.3) is 0 Å². The summed E-state index contributed by atoms with van der Waals surface area (Å²) < 4.78 is 27.3. The minimum absolute atomic E-state index is 0.124. The molecule has 0 aliphatic rings. The van der Waals surface area contributed by atoms with Crippen LogP contribution in [-0.2, 0) is 10.0 Å². The first-order chi connectivity index (χ1) is 9.86. The van der Waals surface area contributed by atoms with Gasteiger partial charge in [-0.05, 0) is 30.7 Å². The van der Waals surface area contributed by atoms with Gasteiger partial charge in [-0.3, -0.25) is 4.72 Å².